The molecular weight excluding hydrogens is 542 g/mol. The lowest BCUT2D eigenvalue weighted by atomic mass is 9.87. The lowest BCUT2D eigenvalue weighted by Crippen LogP contribution is -2.37. The van der Waals surface area contributed by atoms with Crippen molar-refractivity contribution in [2.75, 3.05) is 13.2 Å². The van der Waals surface area contributed by atoms with Crippen LogP contribution >= 0.6 is 0 Å². The molecule has 1 saturated heterocycles. The fourth-order valence-electron chi connectivity index (χ4n) is 4.80. The van der Waals surface area contributed by atoms with E-state index in [-0.39, 0.29) is 52.7 Å². The number of carbonyl (C=O) groups excluding carboxylic acids is 1. The number of carbonyl (C=O) groups is 1. The quantitative estimate of drug-likeness (QED) is 0.346. The second kappa shape index (κ2) is 10.7. The molecule has 3 heterocycles. The number of ketones is 1. The van der Waals surface area contributed by atoms with Crippen molar-refractivity contribution >= 4 is 15.8 Å². The van der Waals surface area contributed by atoms with Crippen LogP contribution in [0.2, 0.25) is 0 Å². The van der Waals surface area contributed by atoms with Crippen molar-refractivity contribution in [3.05, 3.63) is 83.1 Å². The van der Waals surface area contributed by atoms with E-state index in [4.69, 9.17) is 13.9 Å². The van der Waals surface area contributed by atoms with Crippen LogP contribution in [0.3, 0.4) is 0 Å². The maximum absolute atomic E-state index is 13.7. The average Bonchev–Trinajstić information content (AvgIpc) is 3.39. The molecule has 7 nitrogen and oxygen atoms in total. The second-order valence-corrected chi connectivity index (χ2v) is 11.5. The number of Topliss-reactive ketones (excluding diaryl/α,β-unsaturated/α-hetero) is 1. The fourth-order valence-corrected chi connectivity index (χ4v) is 6.22. The van der Waals surface area contributed by atoms with Gasteiger partial charge in [0.2, 0.25) is 15.8 Å². The van der Waals surface area contributed by atoms with Gasteiger partial charge in [-0.3, -0.25) is 4.79 Å². The van der Waals surface area contributed by atoms with Gasteiger partial charge in [-0.05, 0) is 60.9 Å². The van der Waals surface area contributed by atoms with Crippen molar-refractivity contribution in [2.45, 2.75) is 49.5 Å². The summed E-state index contributed by atoms with van der Waals surface area (Å²) >= 11 is 0. The van der Waals surface area contributed by atoms with Gasteiger partial charge in [0.05, 0.1) is 17.0 Å². The first-order valence-corrected chi connectivity index (χ1v) is 13.8. The van der Waals surface area contributed by atoms with Gasteiger partial charge in [-0.2, -0.15) is 17.5 Å². The Hall–Kier alpha value is -3.22. The number of rotatable bonds is 7. The number of benzene rings is 2. The molecule has 0 aliphatic carbocycles. The molecule has 1 unspecified atom stereocenters. The van der Waals surface area contributed by atoms with E-state index >= 15 is 0 Å². The lowest BCUT2D eigenvalue weighted by molar-refractivity contribution is -0.153. The Morgan fingerprint density at radius 1 is 0.949 bits per heavy atom. The molecule has 0 amide bonds. The summed E-state index contributed by atoms with van der Waals surface area (Å²) in [7, 11) is -4.35. The number of hydrogen-bond donors (Lipinski definition) is 0. The largest absolute Gasteiger partial charge is 0.489 e. The Balaban J connectivity index is 1.44. The molecule has 2 aliphatic rings. The first-order valence-electron chi connectivity index (χ1n) is 12.3. The van der Waals surface area contributed by atoms with E-state index in [1.165, 1.54) is 30.3 Å². The topological polar surface area (TPSA) is 86.0 Å². The van der Waals surface area contributed by atoms with Crippen LogP contribution < -0.4 is 4.74 Å². The molecule has 2 aliphatic heterocycles. The summed E-state index contributed by atoms with van der Waals surface area (Å²) in [4.78, 5) is 12.8. The molecule has 1 aromatic heterocycles. The molecule has 0 bridgehead atoms. The normalized spacial score (nSPS) is 18.7. The number of fused-ring (bicyclic) bond motifs is 1. The molecule has 12 heteroatoms. The van der Waals surface area contributed by atoms with Gasteiger partial charge in [-0.15, -0.1) is 0 Å². The first kappa shape index (κ1) is 27.4. The highest BCUT2D eigenvalue weighted by atomic mass is 32.2. The molecule has 0 spiro atoms. The summed E-state index contributed by atoms with van der Waals surface area (Å²) in [6.45, 7) is 0.376. The number of hydrogen-bond acceptors (Lipinski definition) is 6. The van der Waals surface area contributed by atoms with Gasteiger partial charge in [0.25, 0.3) is 0 Å². The Labute approximate surface area is 222 Å². The predicted octanol–water partition coefficient (Wildman–Crippen LogP) is 5.59. The van der Waals surface area contributed by atoms with Crippen LogP contribution in [0.15, 0.2) is 63.9 Å². The third-order valence-electron chi connectivity index (χ3n) is 6.89. The third kappa shape index (κ3) is 6.02. The first-order chi connectivity index (χ1) is 18.5. The van der Waals surface area contributed by atoms with Gasteiger partial charge in [0.15, 0.2) is 5.78 Å². The molecule has 0 saturated carbocycles. The SMILES string of the molecule is O=C1CC(C2CCOCC2)Oc2ccc(S(=O)(=O)N(Cc3ccc(F)cc3)Cc3ccc(C(F)(F)F)o3)cc21. The molecule has 0 radical (unpaired) electrons. The van der Waals surface area contributed by atoms with Crippen LogP contribution in [0.1, 0.15) is 46.7 Å². The van der Waals surface area contributed by atoms with Crippen molar-refractivity contribution in [3.63, 3.8) is 0 Å². The number of nitrogens with zero attached hydrogens (tertiary/aromatic N) is 1. The van der Waals surface area contributed by atoms with Crippen molar-refractivity contribution in [1.29, 1.82) is 0 Å². The van der Waals surface area contributed by atoms with E-state index in [9.17, 15) is 30.8 Å². The van der Waals surface area contributed by atoms with Crippen molar-refractivity contribution < 1.29 is 44.7 Å². The molecule has 2 aromatic carbocycles. The smallest absolute Gasteiger partial charge is 0.449 e. The number of halogens is 4. The summed E-state index contributed by atoms with van der Waals surface area (Å²) in [5, 5.41) is 0. The van der Waals surface area contributed by atoms with Crippen LogP contribution in [0.4, 0.5) is 17.6 Å². The number of furan rings is 1. The molecule has 5 rings (SSSR count). The van der Waals surface area contributed by atoms with E-state index in [0.29, 0.717) is 18.8 Å². The van der Waals surface area contributed by atoms with Gasteiger partial charge in [0, 0.05) is 32.1 Å². The monoisotopic (exact) mass is 567 g/mol. The molecule has 1 fully saturated rings. The highest BCUT2D eigenvalue weighted by Crippen LogP contribution is 2.36. The number of ether oxygens (including phenoxy) is 2. The van der Waals surface area contributed by atoms with Crippen LogP contribution in [-0.4, -0.2) is 37.8 Å². The molecular formula is C27H25F4NO6S. The zero-order valence-corrected chi connectivity index (χ0v) is 21.4. The summed E-state index contributed by atoms with van der Waals surface area (Å²) in [6.07, 6.45) is -3.43. The van der Waals surface area contributed by atoms with Gasteiger partial charge in [-0.1, -0.05) is 12.1 Å². The number of alkyl halides is 3. The number of sulfonamides is 1. The Morgan fingerprint density at radius 3 is 2.33 bits per heavy atom. The van der Waals surface area contributed by atoms with E-state index in [2.05, 4.69) is 0 Å². The minimum Gasteiger partial charge on any atom is -0.489 e. The van der Waals surface area contributed by atoms with E-state index in [1.807, 2.05) is 0 Å². The van der Waals surface area contributed by atoms with E-state index in [1.54, 1.807) is 0 Å². The Bertz CT molecular complexity index is 1450. The maximum Gasteiger partial charge on any atom is 0.449 e. The Kier molecular flexibility index (Phi) is 7.53. The molecule has 39 heavy (non-hydrogen) atoms. The highest BCUT2D eigenvalue weighted by Gasteiger charge is 2.37. The summed E-state index contributed by atoms with van der Waals surface area (Å²) in [6, 6.07) is 10.8. The van der Waals surface area contributed by atoms with Gasteiger partial charge < -0.3 is 13.9 Å². The molecule has 3 aromatic rings. The zero-order valence-electron chi connectivity index (χ0n) is 20.6. The Morgan fingerprint density at radius 2 is 1.67 bits per heavy atom. The molecule has 1 atom stereocenters. The third-order valence-corrected chi connectivity index (χ3v) is 8.68. The summed E-state index contributed by atoms with van der Waals surface area (Å²) in [5.41, 5.74) is 0.526. The lowest BCUT2D eigenvalue weighted by Gasteiger charge is -2.33. The van der Waals surface area contributed by atoms with Crippen LogP contribution in [0, 0.1) is 11.7 Å². The van der Waals surface area contributed by atoms with Crippen LogP contribution in [0.5, 0.6) is 5.75 Å². The maximum atomic E-state index is 13.7. The molecule has 0 N–H and O–H groups in total. The predicted molar refractivity (Wildman–Crippen MR) is 130 cm³/mol. The zero-order chi connectivity index (χ0) is 27.8. The minimum atomic E-state index is -4.74. The van der Waals surface area contributed by atoms with Crippen LogP contribution in [0.25, 0.3) is 0 Å². The minimum absolute atomic E-state index is 0.104. The van der Waals surface area contributed by atoms with Crippen molar-refractivity contribution in [2.24, 2.45) is 5.92 Å². The molecule has 208 valence electrons. The fraction of sp³-hybridized carbons (Fsp3) is 0.370. The average molecular weight is 568 g/mol. The van der Waals surface area contributed by atoms with Crippen molar-refractivity contribution in [1.82, 2.24) is 4.31 Å². The summed E-state index contributed by atoms with van der Waals surface area (Å²) in [5.74, 6) is -1.83. The standard InChI is InChI=1S/C27H25F4NO6S/c28-19-3-1-17(2-4-19)15-32(16-20-5-8-26(37-20)27(29,30)31)39(34,35)21-6-7-24-22(13-21)23(33)14-25(38-24)18-9-11-36-12-10-18/h1-8,13,18,25H,9-12,14-16H2. The van der Waals surface area contributed by atoms with E-state index in [0.717, 1.165) is 41.4 Å². The summed E-state index contributed by atoms with van der Waals surface area (Å²) < 4.78 is 97.3. The van der Waals surface area contributed by atoms with Gasteiger partial charge >= 0.3 is 6.18 Å². The highest BCUT2D eigenvalue weighted by molar-refractivity contribution is 7.89. The van der Waals surface area contributed by atoms with Crippen LogP contribution in [-0.2, 0) is 34.0 Å². The van der Waals surface area contributed by atoms with E-state index < -0.39 is 34.3 Å². The second-order valence-electron chi connectivity index (χ2n) is 9.55. The van der Waals surface area contributed by atoms with Gasteiger partial charge in [0.1, 0.15) is 23.4 Å². The van der Waals surface area contributed by atoms with Gasteiger partial charge in [-0.25, -0.2) is 12.8 Å². The van der Waals surface area contributed by atoms with Crippen molar-refractivity contribution in [3.8, 4) is 5.75 Å².